The summed E-state index contributed by atoms with van der Waals surface area (Å²) in [6, 6.07) is 8.27. The number of morpholine rings is 1. The Balaban J connectivity index is 2.17. The molecule has 19 heavy (non-hydrogen) atoms. The molecule has 0 unspecified atom stereocenters. The third-order valence-corrected chi connectivity index (χ3v) is 4.39. The third-order valence-electron chi connectivity index (χ3n) is 3.64. The third kappa shape index (κ3) is 3.12. The molecular weight excluding hydrogens is 258 g/mol. The van der Waals surface area contributed by atoms with Crippen molar-refractivity contribution in [1.29, 1.82) is 0 Å². The fourth-order valence-corrected chi connectivity index (χ4v) is 2.70. The van der Waals surface area contributed by atoms with Crippen molar-refractivity contribution in [3.05, 3.63) is 29.8 Å². The molecule has 1 heterocycles. The van der Waals surface area contributed by atoms with Gasteiger partial charge in [-0.15, -0.1) is 11.8 Å². The number of nitrogens with zero attached hydrogens (tertiary/aromatic N) is 1. The van der Waals surface area contributed by atoms with Crippen molar-refractivity contribution in [3.63, 3.8) is 0 Å². The second kappa shape index (κ2) is 5.97. The molecule has 0 radical (unpaired) electrons. The molecule has 104 valence electrons. The first kappa shape index (κ1) is 14.4. The zero-order valence-electron chi connectivity index (χ0n) is 11.8. The molecule has 1 fully saturated rings. The van der Waals surface area contributed by atoms with E-state index in [0.717, 1.165) is 5.56 Å². The minimum atomic E-state index is -0.478. The van der Waals surface area contributed by atoms with E-state index >= 15 is 0 Å². The summed E-state index contributed by atoms with van der Waals surface area (Å²) in [7, 11) is 0. The summed E-state index contributed by atoms with van der Waals surface area (Å²) in [6.07, 6.45) is 2.05. The summed E-state index contributed by atoms with van der Waals surface area (Å²) in [5.41, 5.74) is 0.593. The van der Waals surface area contributed by atoms with Crippen LogP contribution in [0.15, 0.2) is 29.2 Å². The van der Waals surface area contributed by atoms with Crippen LogP contribution in [0.4, 0.5) is 0 Å². The summed E-state index contributed by atoms with van der Waals surface area (Å²) in [6.45, 7) is 6.69. The van der Waals surface area contributed by atoms with Gasteiger partial charge in [-0.2, -0.15) is 0 Å². The highest BCUT2D eigenvalue weighted by atomic mass is 32.2. The molecular formula is C15H21NO2S. The summed E-state index contributed by atoms with van der Waals surface area (Å²) < 4.78 is 5.30. The van der Waals surface area contributed by atoms with Gasteiger partial charge in [0.25, 0.3) is 0 Å². The zero-order valence-corrected chi connectivity index (χ0v) is 12.6. The molecule has 1 aliphatic heterocycles. The van der Waals surface area contributed by atoms with E-state index in [1.165, 1.54) is 4.90 Å². The number of carbonyl (C=O) groups excluding carboxylic acids is 1. The average Bonchev–Trinajstić information content (AvgIpc) is 2.47. The topological polar surface area (TPSA) is 29.5 Å². The highest BCUT2D eigenvalue weighted by Crippen LogP contribution is 2.28. The Kier molecular flexibility index (Phi) is 4.53. The van der Waals surface area contributed by atoms with Crippen molar-refractivity contribution in [2.75, 3.05) is 32.6 Å². The number of rotatable bonds is 3. The predicted octanol–water partition coefficient (Wildman–Crippen LogP) is 2.54. The van der Waals surface area contributed by atoms with Gasteiger partial charge in [0.05, 0.1) is 18.6 Å². The zero-order chi connectivity index (χ0) is 13.9. The molecule has 0 N–H and O–H groups in total. The lowest BCUT2D eigenvalue weighted by Crippen LogP contribution is -2.48. The predicted molar refractivity (Wildman–Crippen MR) is 78.6 cm³/mol. The van der Waals surface area contributed by atoms with Crippen molar-refractivity contribution >= 4 is 17.7 Å². The lowest BCUT2D eigenvalue weighted by Gasteiger charge is -2.34. The maximum absolute atomic E-state index is 12.6. The minimum absolute atomic E-state index is 0.188. The maximum Gasteiger partial charge on any atom is 0.232 e. The van der Waals surface area contributed by atoms with Gasteiger partial charge in [-0.25, -0.2) is 0 Å². The quantitative estimate of drug-likeness (QED) is 0.796. The Morgan fingerprint density at radius 2 is 1.79 bits per heavy atom. The van der Waals surface area contributed by atoms with E-state index < -0.39 is 5.41 Å². The summed E-state index contributed by atoms with van der Waals surface area (Å²) in [4.78, 5) is 15.8. The normalized spacial score (nSPS) is 16.5. The van der Waals surface area contributed by atoms with Gasteiger partial charge in [-0.05, 0) is 37.8 Å². The smallest absolute Gasteiger partial charge is 0.232 e. The highest BCUT2D eigenvalue weighted by molar-refractivity contribution is 7.98. The van der Waals surface area contributed by atoms with Crippen molar-refractivity contribution in [2.45, 2.75) is 24.2 Å². The molecule has 3 nitrogen and oxygen atoms in total. The van der Waals surface area contributed by atoms with Gasteiger partial charge >= 0.3 is 0 Å². The second-order valence-electron chi connectivity index (χ2n) is 5.26. The largest absolute Gasteiger partial charge is 0.378 e. The van der Waals surface area contributed by atoms with E-state index in [1.54, 1.807) is 11.8 Å². The molecule has 4 heteroatoms. The van der Waals surface area contributed by atoms with Crippen LogP contribution in [0.2, 0.25) is 0 Å². The van der Waals surface area contributed by atoms with E-state index in [-0.39, 0.29) is 5.91 Å². The molecule has 1 aliphatic rings. The number of hydrogen-bond acceptors (Lipinski definition) is 3. The van der Waals surface area contributed by atoms with Gasteiger partial charge in [0.2, 0.25) is 5.91 Å². The molecule has 0 spiro atoms. The van der Waals surface area contributed by atoms with Crippen LogP contribution in [0.25, 0.3) is 0 Å². The lowest BCUT2D eigenvalue weighted by molar-refractivity contribution is -0.140. The molecule has 0 aliphatic carbocycles. The first-order valence-electron chi connectivity index (χ1n) is 6.57. The number of ether oxygens (including phenoxy) is 1. The molecule has 1 aromatic rings. The maximum atomic E-state index is 12.6. The van der Waals surface area contributed by atoms with E-state index in [0.29, 0.717) is 26.3 Å². The molecule has 1 amide bonds. The average molecular weight is 279 g/mol. The summed E-state index contributed by atoms with van der Waals surface area (Å²) >= 11 is 1.71. The summed E-state index contributed by atoms with van der Waals surface area (Å²) in [5, 5.41) is 0. The van der Waals surface area contributed by atoms with Crippen LogP contribution < -0.4 is 0 Å². The minimum Gasteiger partial charge on any atom is -0.378 e. The number of thioether (sulfide) groups is 1. The Morgan fingerprint density at radius 3 is 2.32 bits per heavy atom. The molecule has 0 saturated carbocycles. The fourth-order valence-electron chi connectivity index (χ4n) is 2.29. The van der Waals surface area contributed by atoms with E-state index in [9.17, 15) is 4.79 Å². The Morgan fingerprint density at radius 1 is 1.21 bits per heavy atom. The first-order chi connectivity index (χ1) is 9.05. The highest BCUT2D eigenvalue weighted by Gasteiger charge is 2.34. The first-order valence-corrected chi connectivity index (χ1v) is 7.80. The van der Waals surface area contributed by atoms with Crippen LogP contribution in [0, 0.1) is 0 Å². The molecule has 0 atom stereocenters. The molecule has 0 aromatic heterocycles. The van der Waals surface area contributed by atoms with Gasteiger partial charge < -0.3 is 9.64 Å². The molecule has 1 saturated heterocycles. The SMILES string of the molecule is CSc1ccc(C(C)(C)C(=O)N2CCOCC2)cc1. The van der Waals surface area contributed by atoms with Crippen LogP contribution >= 0.6 is 11.8 Å². The molecule has 0 bridgehead atoms. The van der Waals surface area contributed by atoms with Crippen LogP contribution in [0.1, 0.15) is 19.4 Å². The van der Waals surface area contributed by atoms with Gasteiger partial charge in [0.1, 0.15) is 0 Å². The van der Waals surface area contributed by atoms with Crippen molar-refractivity contribution in [2.24, 2.45) is 0 Å². The number of carbonyl (C=O) groups is 1. The number of benzene rings is 1. The van der Waals surface area contributed by atoms with Gasteiger partial charge in [-0.3, -0.25) is 4.79 Å². The van der Waals surface area contributed by atoms with E-state index in [2.05, 4.69) is 30.5 Å². The van der Waals surface area contributed by atoms with Gasteiger partial charge in [-0.1, -0.05) is 12.1 Å². The van der Waals surface area contributed by atoms with Crippen molar-refractivity contribution in [3.8, 4) is 0 Å². The van der Waals surface area contributed by atoms with E-state index in [1.807, 2.05) is 18.7 Å². The number of amides is 1. The Hall–Kier alpha value is -1.00. The van der Waals surface area contributed by atoms with Crippen LogP contribution in [0.5, 0.6) is 0 Å². The molecule has 1 aromatic carbocycles. The van der Waals surface area contributed by atoms with Crippen LogP contribution in [-0.2, 0) is 14.9 Å². The number of hydrogen-bond donors (Lipinski definition) is 0. The Labute approximate surface area is 119 Å². The standard InChI is InChI=1S/C15H21NO2S/c1-15(2,12-4-6-13(19-3)7-5-12)14(17)16-8-10-18-11-9-16/h4-7H,8-11H2,1-3H3. The second-order valence-corrected chi connectivity index (χ2v) is 6.14. The fraction of sp³-hybridized carbons (Fsp3) is 0.533. The summed E-state index contributed by atoms with van der Waals surface area (Å²) in [5.74, 6) is 0.188. The monoisotopic (exact) mass is 279 g/mol. The molecule has 2 rings (SSSR count). The lowest BCUT2D eigenvalue weighted by atomic mass is 9.83. The van der Waals surface area contributed by atoms with Crippen molar-refractivity contribution in [1.82, 2.24) is 4.90 Å². The van der Waals surface area contributed by atoms with Gasteiger partial charge in [0, 0.05) is 18.0 Å². The van der Waals surface area contributed by atoms with Gasteiger partial charge in [0.15, 0.2) is 0 Å². The Bertz CT molecular complexity index is 436. The van der Waals surface area contributed by atoms with E-state index in [4.69, 9.17) is 4.74 Å². The van der Waals surface area contributed by atoms with Crippen LogP contribution in [0.3, 0.4) is 0 Å². The van der Waals surface area contributed by atoms with Crippen LogP contribution in [-0.4, -0.2) is 43.4 Å². The van der Waals surface area contributed by atoms with Crippen molar-refractivity contribution < 1.29 is 9.53 Å².